The molecular weight excluding hydrogens is 348 g/mol. The van der Waals surface area contributed by atoms with Crippen molar-refractivity contribution in [2.75, 3.05) is 19.9 Å². The van der Waals surface area contributed by atoms with Crippen molar-refractivity contribution in [2.45, 2.75) is 18.8 Å². The van der Waals surface area contributed by atoms with Gasteiger partial charge in [0, 0.05) is 24.1 Å². The zero-order valence-corrected chi connectivity index (χ0v) is 14.6. The minimum absolute atomic E-state index is 0.121. The lowest BCUT2D eigenvalue weighted by molar-refractivity contribution is -0.0613. The molecule has 0 saturated carbocycles. The summed E-state index contributed by atoms with van der Waals surface area (Å²) in [5.41, 5.74) is 1.14. The molecule has 0 radical (unpaired) electrons. The molecule has 3 heterocycles. The van der Waals surface area contributed by atoms with Crippen LogP contribution in [-0.2, 0) is 11.3 Å². The van der Waals surface area contributed by atoms with Gasteiger partial charge in [0.05, 0.1) is 13.2 Å². The number of nitrogens with one attached hydrogen (secondary N) is 1. The Bertz CT molecular complexity index is 944. The fourth-order valence-electron chi connectivity index (χ4n) is 3.78. The number of hydrogen-bond acceptors (Lipinski definition) is 5. The van der Waals surface area contributed by atoms with Crippen LogP contribution in [0.3, 0.4) is 0 Å². The first-order valence-electron chi connectivity index (χ1n) is 8.87. The van der Waals surface area contributed by atoms with E-state index in [0.29, 0.717) is 48.7 Å². The van der Waals surface area contributed by atoms with Crippen LogP contribution in [0, 0.1) is 0 Å². The van der Waals surface area contributed by atoms with Gasteiger partial charge in [0.15, 0.2) is 17.2 Å². The maximum absolute atomic E-state index is 12.9. The Balaban J connectivity index is 1.35. The largest absolute Gasteiger partial charge is 0.454 e. The van der Waals surface area contributed by atoms with Gasteiger partial charge in [-0.15, -0.1) is 0 Å². The molecule has 0 bridgehead atoms. The number of carbonyl (C=O) groups excluding carboxylic acids is 2. The molecule has 7 nitrogen and oxygen atoms in total. The Labute approximate surface area is 155 Å². The second-order valence-corrected chi connectivity index (χ2v) is 6.94. The second kappa shape index (κ2) is 5.99. The van der Waals surface area contributed by atoms with Gasteiger partial charge in [0.25, 0.3) is 11.8 Å². The van der Waals surface area contributed by atoms with Crippen LogP contribution in [0.25, 0.3) is 0 Å². The fraction of sp³-hybridized carbons (Fsp3) is 0.300. The van der Waals surface area contributed by atoms with Crippen molar-refractivity contribution < 1.29 is 23.8 Å². The van der Waals surface area contributed by atoms with Gasteiger partial charge in [-0.25, -0.2) is 0 Å². The zero-order valence-electron chi connectivity index (χ0n) is 14.6. The third-order valence-electron chi connectivity index (χ3n) is 5.25. The summed E-state index contributed by atoms with van der Waals surface area (Å²) in [5.74, 6) is 0.927. The number of rotatable bonds is 1. The van der Waals surface area contributed by atoms with Crippen LogP contribution in [0.5, 0.6) is 11.5 Å². The van der Waals surface area contributed by atoms with Gasteiger partial charge in [-0.3, -0.25) is 9.59 Å². The molecule has 0 aliphatic carbocycles. The van der Waals surface area contributed by atoms with Crippen molar-refractivity contribution in [3.8, 4) is 11.5 Å². The highest BCUT2D eigenvalue weighted by atomic mass is 16.7. The third-order valence-corrected chi connectivity index (χ3v) is 5.25. The van der Waals surface area contributed by atoms with Crippen molar-refractivity contribution in [1.82, 2.24) is 10.2 Å². The van der Waals surface area contributed by atoms with E-state index in [2.05, 4.69) is 5.32 Å². The van der Waals surface area contributed by atoms with Crippen LogP contribution < -0.4 is 14.8 Å². The average Bonchev–Trinajstić information content (AvgIpc) is 3.29. The van der Waals surface area contributed by atoms with Crippen LogP contribution in [0.2, 0.25) is 0 Å². The second-order valence-electron chi connectivity index (χ2n) is 6.94. The molecule has 27 heavy (non-hydrogen) atoms. The molecule has 1 atom stereocenters. The Kier molecular flexibility index (Phi) is 3.58. The van der Waals surface area contributed by atoms with E-state index >= 15 is 0 Å². The van der Waals surface area contributed by atoms with Gasteiger partial charge in [0.1, 0.15) is 0 Å². The molecule has 1 N–H and O–H groups in total. The lowest BCUT2D eigenvalue weighted by Gasteiger charge is -2.28. The van der Waals surface area contributed by atoms with E-state index in [1.54, 1.807) is 29.2 Å². The van der Waals surface area contributed by atoms with Crippen molar-refractivity contribution in [3.05, 3.63) is 59.2 Å². The minimum Gasteiger partial charge on any atom is -0.454 e. The number of benzene rings is 2. The Morgan fingerprint density at radius 3 is 2.89 bits per heavy atom. The molecule has 3 aliphatic heterocycles. The number of ether oxygens (including phenoxy) is 3. The SMILES string of the molecule is O=C1NC2(CCN(C(=O)c3ccc4c(c3)OCO4)C2)OCc2ccccc21. The highest BCUT2D eigenvalue weighted by Gasteiger charge is 2.44. The fourth-order valence-corrected chi connectivity index (χ4v) is 3.78. The molecule has 1 spiro atoms. The van der Waals surface area contributed by atoms with E-state index < -0.39 is 5.72 Å². The van der Waals surface area contributed by atoms with E-state index in [-0.39, 0.29) is 18.6 Å². The van der Waals surface area contributed by atoms with Crippen molar-refractivity contribution in [2.24, 2.45) is 0 Å². The van der Waals surface area contributed by atoms with E-state index in [4.69, 9.17) is 14.2 Å². The van der Waals surface area contributed by atoms with Gasteiger partial charge >= 0.3 is 0 Å². The summed E-state index contributed by atoms with van der Waals surface area (Å²) in [6.07, 6.45) is 0.545. The standard InChI is InChI=1S/C20H18N2O5/c23-18-15-4-2-1-3-14(15)10-27-20(21-18)7-8-22(11-20)19(24)13-5-6-16-17(9-13)26-12-25-16/h1-6,9H,7-8,10-12H2,(H,21,23). The Morgan fingerprint density at radius 1 is 1.11 bits per heavy atom. The monoisotopic (exact) mass is 366 g/mol. The molecule has 5 rings (SSSR count). The number of carbonyl (C=O) groups is 2. The van der Waals surface area contributed by atoms with Gasteiger partial charge in [0.2, 0.25) is 6.79 Å². The predicted octanol–water partition coefficient (Wildman–Crippen LogP) is 1.92. The maximum Gasteiger partial charge on any atom is 0.254 e. The van der Waals surface area contributed by atoms with Crippen molar-refractivity contribution in [1.29, 1.82) is 0 Å². The topological polar surface area (TPSA) is 77.1 Å². The molecule has 2 aromatic carbocycles. The van der Waals surface area contributed by atoms with Crippen LogP contribution in [0.1, 0.15) is 32.7 Å². The number of likely N-dealkylation sites (tertiary alicyclic amines) is 1. The number of nitrogens with zero attached hydrogens (tertiary/aromatic N) is 1. The summed E-state index contributed by atoms with van der Waals surface area (Å²) in [7, 11) is 0. The number of hydrogen-bond donors (Lipinski definition) is 1. The van der Waals surface area contributed by atoms with Crippen LogP contribution >= 0.6 is 0 Å². The van der Waals surface area contributed by atoms with Crippen LogP contribution in [0.15, 0.2) is 42.5 Å². The van der Waals surface area contributed by atoms with E-state index in [9.17, 15) is 9.59 Å². The first kappa shape index (κ1) is 16.1. The molecule has 138 valence electrons. The van der Waals surface area contributed by atoms with E-state index in [0.717, 1.165) is 5.56 Å². The quantitative estimate of drug-likeness (QED) is 0.834. The predicted molar refractivity (Wildman–Crippen MR) is 94.5 cm³/mol. The van der Waals surface area contributed by atoms with Gasteiger partial charge in [-0.05, 0) is 29.8 Å². The highest BCUT2D eigenvalue weighted by molar-refractivity contribution is 5.97. The first-order valence-corrected chi connectivity index (χ1v) is 8.87. The smallest absolute Gasteiger partial charge is 0.254 e. The zero-order chi connectivity index (χ0) is 18.4. The highest BCUT2D eigenvalue weighted by Crippen LogP contribution is 2.34. The summed E-state index contributed by atoms with van der Waals surface area (Å²) >= 11 is 0. The molecule has 1 saturated heterocycles. The van der Waals surface area contributed by atoms with Crippen molar-refractivity contribution >= 4 is 11.8 Å². The summed E-state index contributed by atoms with van der Waals surface area (Å²) in [4.78, 5) is 27.2. The number of amides is 2. The first-order chi connectivity index (χ1) is 13.1. The minimum atomic E-state index is -0.859. The van der Waals surface area contributed by atoms with Gasteiger partial charge < -0.3 is 24.4 Å². The summed E-state index contributed by atoms with van der Waals surface area (Å²) in [6.45, 7) is 1.31. The van der Waals surface area contributed by atoms with E-state index in [1.165, 1.54) is 0 Å². The Morgan fingerprint density at radius 2 is 1.96 bits per heavy atom. The maximum atomic E-state index is 12.9. The average molecular weight is 366 g/mol. The Hall–Kier alpha value is -3.06. The van der Waals surface area contributed by atoms with Crippen LogP contribution in [0.4, 0.5) is 0 Å². The normalized spacial score (nSPS) is 23.1. The van der Waals surface area contributed by atoms with Gasteiger partial charge in [-0.1, -0.05) is 18.2 Å². The molecule has 2 aromatic rings. The molecule has 0 aromatic heterocycles. The lowest BCUT2D eigenvalue weighted by Crippen LogP contribution is -2.51. The lowest BCUT2D eigenvalue weighted by atomic mass is 10.1. The molecular formula is C20H18N2O5. The molecule has 1 fully saturated rings. The number of fused-ring (bicyclic) bond motifs is 2. The van der Waals surface area contributed by atoms with Crippen LogP contribution in [-0.4, -0.2) is 42.3 Å². The van der Waals surface area contributed by atoms with Crippen molar-refractivity contribution in [3.63, 3.8) is 0 Å². The van der Waals surface area contributed by atoms with E-state index in [1.807, 2.05) is 18.2 Å². The summed E-state index contributed by atoms with van der Waals surface area (Å²) < 4.78 is 16.7. The third kappa shape index (κ3) is 2.71. The van der Waals surface area contributed by atoms with Gasteiger partial charge in [-0.2, -0.15) is 0 Å². The molecule has 2 amide bonds. The molecule has 7 heteroatoms. The summed E-state index contributed by atoms with van der Waals surface area (Å²) in [5, 5.41) is 2.99. The molecule has 3 aliphatic rings. The molecule has 1 unspecified atom stereocenters. The summed E-state index contributed by atoms with van der Waals surface area (Å²) in [6, 6.07) is 12.6.